The molecular weight excluding hydrogens is 342 g/mol. The van der Waals surface area contributed by atoms with E-state index in [2.05, 4.69) is 9.72 Å². The molecule has 7 heteroatoms. The first-order valence-corrected chi connectivity index (χ1v) is 5.15. The Morgan fingerprint density at radius 2 is 2.27 bits per heavy atom. The van der Waals surface area contributed by atoms with E-state index in [1.54, 1.807) is 22.6 Å². The van der Waals surface area contributed by atoms with Crippen LogP contribution in [0.1, 0.15) is 22.6 Å². The highest BCUT2D eigenvalue weighted by Crippen LogP contribution is 2.29. The van der Waals surface area contributed by atoms with E-state index in [0.717, 1.165) is 7.11 Å². The monoisotopic (exact) mass is 347 g/mol. The second-order valence-electron chi connectivity index (χ2n) is 2.48. The lowest BCUT2D eigenvalue weighted by atomic mass is 10.3. The van der Waals surface area contributed by atoms with E-state index < -0.39 is 18.1 Å². The highest BCUT2D eigenvalue weighted by molar-refractivity contribution is 14.1. The molecule has 0 unspecified atom stereocenters. The Morgan fingerprint density at radius 1 is 1.67 bits per heavy atom. The predicted molar refractivity (Wildman–Crippen MR) is 58.3 cm³/mol. The number of hydrogen-bond donors (Lipinski definition) is 0. The van der Waals surface area contributed by atoms with Gasteiger partial charge >= 0.3 is 5.97 Å². The van der Waals surface area contributed by atoms with Gasteiger partial charge in [-0.25, -0.2) is 18.6 Å². The Kier molecular flexibility index (Phi) is 4.21. The molecule has 1 aromatic rings. The molecule has 0 bridgehead atoms. The molecule has 1 aromatic heterocycles. The summed E-state index contributed by atoms with van der Waals surface area (Å²) in [4.78, 5) is 14.5. The molecule has 0 saturated carbocycles. The Hall–Kier alpha value is -0.500. The molecule has 15 heavy (non-hydrogen) atoms. The van der Waals surface area contributed by atoms with Gasteiger partial charge in [0.05, 0.1) is 12.1 Å². The van der Waals surface area contributed by atoms with Gasteiger partial charge in [-0.2, -0.15) is 0 Å². The Balaban J connectivity index is 3.29. The van der Waals surface area contributed by atoms with Crippen molar-refractivity contribution in [2.75, 3.05) is 7.11 Å². The maximum atomic E-state index is 12.5. The van der Waals surface area contributed by atoms with E-state index in [1.807, 2.05) is 0 Å². The number of alkyl halides is 2. The van der Waals surface area contributed by atoms with Crippen molar-refractivity contribution in [1.29, 1.82) is 0 Å². The molecule has 0 aliphatic heterocycles. The van der Waals surface area contributed by atoms with Gasteiger partial charge in [0.15, 0.2) is 0 Å². The first-order valence-electron chi connectivity index (χ1n) is 3.69. The lowest BCUT2D eigenvalue weighted by molar-refractivity contribution is 0.0592. The fourth-order valence-electron chi connectivity index (χ4n) is 0.871. The van der Waals surface area contributed by atoms with E-state index in [4.69, 9.17) is 11.6 Å². The number of hydrogen-bond acceptors (Lipinski definition) is 3. The molecule has 1 heterocycles. The average Bonchev–Trinajstić information content (AvgIpc) is 2.20. The number of esters is 1. The summed E-state index contributed by atoms with van der Waals surface area (Å²) >= 11 is 7.35. The summed E-state index contributed by atoms with van der Waals surface area (Å²) < 4.78 is 29.6. The zero-order valence-corrected chi connectivity index (χ0v) is 10.3. The van der Waals surface area contributed by atoms with Crippen LogP contribution in [0.4, 0.5) is 8.78 Å². The maximum Gasteiger partial charge on any atom is 0.356 e. The quantitative estimate of drug-likeness (QED) is 0.610. The Labute approximate surface area is 103 Å². The second kappa shape index (κ2) is 5.02. The number of carbonyl (C=O) groups is 1. The summed E-state index contributed by atoms with van der Waals surface area (Å²) in [6.45, 7) is 0. The van der Waals surface area contributed by atoms with Crippen molar-refractivity contribution in [2.45, 2.75) is 6.43 Å². The van der Waals surface area contributed by atoms with Crippen molar-refractivity contribution in [2.24, 2.45) is 0 Å². The highest BCUT2D eigenvalue weighted by Gasteiger charge is 2.20. The topological polar surface area (TPSA) is 39.2 Å². The van der Waals surface area contributed by atoms with Crippen molar-refractivity contribution in [3.63, 3.8) is 0 Å². The van der Waals surface area contributed by atoms with Gasteiger partial charge in [0.25, 0.3) is 6.43 Å². The normalized spacial score (nSPS) is 10.5. The molecule has 0 fully saturated rings. The average molecular weight is 347 g/mol. The number of carbonyl (C=O) groups excluding carboxylic acids is 1. The molecule has 0 amide bonds. The van der Waals surface area contributed by atoms with Gasteiger partial charge in [0.2, 0.25) is 0 Å². The summed E-state index contributed by atoms with van der Waals surface area (Å²) in [5, 5.41) is -0.141. The van der Waals surface area contributed by atoms with E-state index in [0.29, 0.717) is 3.57 Å². The summed E-state index contributed by atoms with van der Waals surface area (Å²) in [6.07, 6.45) is -2.82. The van der Waals surface area contributed by atoms with E-state index >= 15 is 0 Å². The van der Waals surface area contributed by atoms with E-state index in [1.165, 1.54) is 6.07 Å². The molecule has 0 atom stereocenters. The van der Waals surface area contributed by atoms with Gasteiger partial charge in [0.1, 0.15) is 11.4 Å². The number of nitrogens with zero attached hydrogens (tertiary/aromatic N) is 1. The zero-order valence-electron chi connectivity index (χ0n) is 7.43. The van der Waals surface area contributed by atoms with Gasteiger partial charge in [-0.05, 0) is 28.7 Å². The third-order valence-electron chi connectivity index (χ3n) is 1.54. The van der Waals surface area contributed by atoms with Crippen LogP contribution in [0.15, 0.2) is 6.07 Å². The molecule has 0 radical (unpaired) electrons. The number of pyridine rings is 1. The minimum Gasteiger partial charge on any atom is -0.464 e. The van der Waals surface area contributed by atoms with Crippen molar-refractivity contribution in [3.8, 4) is 0 Å². The van der Waals surface area contributed by atoms with Crippen LogP contribution in [0.5, 0.6) is 0 Å². The van der Waals surface area contributed by atoms with Crippen molar-refractivity contribution < 1.29 is 18.3 Å². The fraction of sp³-hybridized carbons (Fsp3) is 0.250. The summed E-state index contributed by atoms with van der Waals surface area (Å²) in [6, 6.07) is 1.29. The number of aromatic nitrogens is 1. The van der Waals surface area contributed by atoms with Crippen LogP contribution >= 0.6 is 34.2 Å². The molecule has 0 aliphatic carbocycles. The van der Waals surface area contributed by atoms with Crippen LogP contribution in [0.25, 0.3) is 0 Å². The molecule has 0 N–H and O–H groups in total. The van der Waals surface area contributed by atoms with Gasteiger partial charge in [-0.15, -0.1) is 0 Å². The van der Waals surface area contributed by atoms with Gasteiger partial charge in [-0.3, -0.25) is 0 Å². The predicted octanol–water partition coefficient (Wildman–Crippen LogP) is 3.06. The second-order valence-corrected chi connectivity index (χ2v) is 4.02. The van der Waals surface area contributed by atoms with Crippen LogP contribution in [0.2, 0.25) is 5.02 Å². The van der Waals surface area contributed by atoms with Gasteiger partial charge < -0.3 is 4.74 Å². The van der Waals surface area contributed by atoms with Gasteiger partial charge in [-0.1, -0.05) is 11.6 Å². The van der Waals surface area contributed by atoms with Crippen molar-refractivity contribution in [3.05, 3.63) is 26.0 Å². The first-order chi connectivity index (χ1) is 6.97. The largest absolute Gasteiger partial charge is 0.464 e. The zero-order chi connectivity index (χ0) is 11.6. The third kappa shape index (κ3) is 2.75. The van der Waals surface area contributed by atoms with E-state index in [-0.39, 0.29) is 10.7 Å². The Morgan fingerprint density at radius 3 is 2.73 bits per heavy atom. The lowest BCUT2D eigenvalue weighted by Gasteiger charge is -2.06. The Bertz CT molecular complexity index is 400. The number of methoxy groups -OCH3 is 1. The third-order valence-corrected chi connectivity index (χ3v) is 3.11. The fourth-order valence-corrected chi connectivity index (χ4v) is 1.62. The van der Waals surface area contributed by atoms with Crippen molar-refractivity contribution >= 4 is 40.2 Å². The molecule has 0 saturated heterocycles. The number of ether oxygens (including phenoxy) is 1. The standard InChI is InChI=1S/C8H5ClF2INO2/c1-15-8(14)4-2-3(12)5(9)6(13-4)7(10)11/h2,7H,1H3. The smallest absolute Gasteiger partial charge is 0.356 e. The van der Waals surface area contributed by atoms with E-state index in [9.17, 15) is 13.6 Å². The molecular formula is C8H5ClF2INO2. The van der Waals surface area contributed by atoms with Crippen LogP contribution < -0.4 is 0 Å². The summed E-state index contributed by atoms with van der Waals surface area (Å²) in [5.74, 6) is -0.772. The van der Waals surface area contributed by atoms with Crippen molar-refractivity contribution in [1.82, 2.24) is 4.98 Å². The number of rotatable bonds is 2. The van der Waals surface area contributed by atoms with Gasteiger partial charge in [0, 0.05) is 3.57 Å². The maximum absolute atomic E-state index is 12.5. The molecule has 0 aliphatic rings. The molecule has 0 aromatic carbocycles. The minimum absolute atomic E-state index is 0.141. The lowest BCUT2D eigenvalue weighted by Crippen LogP contribution is -2.08. The first kappa shape index (κ1) is 12.6. The molecule has 0 spiro atoms. The highest BCUT2D eigenvalue weighted by atomic mass is 127. The minimum atomic E-state index is -2.82. The van der Waals surface area contributed by atoms with Crippen LogP contribution in [-0.2, 0) is 4.74 Å². The molecule has 82 valence electrons. The molecule has 1 rings (SSSR count). The SMILES string of the molecule is COC(=O)c1cc(I)c(Cl)c(C(F)F)n1. The summed E-state index contributed by atoms with van der Waals surface area (Å²) in [7, 11) is 1.15. The van der Waals surface area contributed by atoms with Crippen LogP contribution in [-0.4, -0.2) is 18.1 Å². The van der Waals surface area contributed by atoms with Crippen LogP contribution in [0.3, 0.4) is 0 Å². The van der Waals surface area contributed by atoms with Crippen LogP contribution in [0, 0.1) is 3.57 Å². The number of halogens is 4. The summed E-state index contributed by atoms with van der Waals surface area (Å²) in [5.41, 5.74) is -0.787. The molecule has 3 nitrogen and oxygen atoms in total.